The van der Waals surface area contributed by atoms with E-state index >= 15 is 0 Å². The van der Waals surface area contributed by atoms with E-state index in [4.69, 9.17) is 0 Å². The van der Waals surface area contributed by atoms with E-state index in [0.29, 0.717) is 17.8 Å². The van der Waals surface area contributed by atoms with E-state index in [9.17, 15) is 13.2 Å². The molecule has 2 N–H and O–H groups in total. The summed E-state index contributed by atoms with van der Waals surface area (Å²) >= 11 is 1.68. The highest BCUT2D eigenvalue weighted by Crippen LogP contribution is 2.17. The first-order chi connectivity index (χ1) is 14.9. The van der Waals surface area contributed by atoms with Crippen LogP contribution in [-0.2, 0) is 10.0 Å². The fraction of sp³-hybridized carbons (Fsp3) is 0.125. The van der Waals surface area contributed by atoms with E-state index in [2.05, 4.69) is 34.3 Å². The number of anilines is 1. The Balaban J connectivity index is 1.48. The zero-order valence-corrected chi connectivity index (χ0v) is 18.7. The number of benzene rings is 3. The number of carbonyl (C=O) groups is 1. The van der Waals surface area contributed by atoms with Crippen LogP contribution in [0.1, 0.15) is 21.5 Å². The van der Waals surface area contributed by atoms with Crippen molar-refractivity contribution in [1.82, 2.24) is 5.32 Å². The van der Waals surface area contributed by atoms with Crippen LogP contribution in [0.25, 0.3) is 6.08 Å². The molecule has 3 aromatic rings. The summed E-state index contributed by atoms with van der Waals surface area (Å²) in [6.07, 6.45) is 1.53. The van der Waals surface area contributed by atoms with Gasteiger partial charge in [0.2, 0.25) is 0 Å². The Bertz CT molecular complexity index is 1130. The Morgan fingerprint density at radius 3 is 2.29 bits per heavy atom. The molecule has 0 radical (unpaired) electrons. The second-order valence-electron chi connectivity index (χ2n) is 6.86. The van der Waals surface area contributed by atoms with Crippen molar-refractivity contribution >= 4 is 39.5 Å². The van der Waals surface area contributed by atoms with Crippen molar-refractivity contribution in [2.45, 2.75) is 11.8 Å². The summed E-state index contributed by atoms with van der Waals surface area (Å²) in [6.45, 7) is 2.59. The van der Waals surface area contributed by atoms with Gasteiger partial charge in [0.25, 0.3) is 15.9 Å². The number of hydrogen-bond acceptors (Lipinski definition) is 4. The van der Waals surface area contributed by atoms with Crippen molar-refractivity contribution in [3.63, 3.8) is 0 Å². The lowest BCUT2D eigenvalue weighted by atomic mass is 10.2. The summed E-state index contributed by atoms with van der Waals surface area (Å²) in [5.41, 5.74) is 2.88. The normalized spacial score (nSPS) is 11.4. The molecule has 3 aromatic carbocycles. The number of aryl methyl sites for hydroxylation is 1. The minimum Gasteiger partial charge on any atom is -0.351 e. The third kappa shape index (κ3) is 7.62. The van der Waals surface area contributed by atoms with Crippen LogP contribution in [0.3, 0.4) is 0 Å². The Morgan fingerprint density at radius 1 is 0.935 bits per heavy atom. The molecule has 0 aliphatic heterocycles. The van der Waals surface area contributed by atoms with Crippen LogP contribution in [0.2, 0.25) is 0 Å². The maximum atomic E-state index is 12.3. The highest BCUT2D eigenvalue weighted by atomic mass is 32.2. The van der Waals surface area contributed by atoms with Gasteiger partial charge in [-0.15, -0.1) is 11.8 Å². The predicted molar refractivity (Wildman–Crippen MR) is 129 cm³/mol. The van der Waals surface area contributed by atoms with Gasteiger partial charge in [0.15, 0.2) is 0 Å². The van der Waals surface area contributed by atoms with Crippen LogP contribution >= 0.6 is 11.8 Å². The quantitative estimate of drug-likeness (QED) is 0.357. The molecule has 160 valence electrons. The molecule has 3 rings (SSSR count). The van der Waals surface area contributed by atoms with E-state index in [0.717, 1.165) is 21.6 Å². The van der Waals surface area contributed by atoms with Gasteiger partial charge in [-0.3, -0.25) is 9.52 Å². The first-order valence-electron chi connectivity index (χ1n) is 9.75. The highest BCUT2D eigenvalue weighted by Gasteiger charge is 2.08. The minimum atomic E-state index is -3.65. The van der Waals surface area contributed by atoms with Crippen LogP contribution in [-0.4, -0.2) is 26.6 Å². The minimum absolute atomic E-state index is 0.192. The van der Waals surface area contributed by atoms with Crippen molar-refractivity contribution in [3.05, 3.63) is 101 Å². The molecule has 5 nitrogen and oxygen atoms in total. The first-order valence-corrected chi connectivity index (χ1v) is 12.3. The zero-order chi connectivity index (χ0) is 22.1. The monoisotopic (exact) mass is 452 g/mol. The van der Waals surface area contributed by atoms with E-state index in [1.54, 1.807) is 36.0 Å². The fourth-order valence-electron chi connectivity index (χ4n) is 2.69. The van der Waals surface area contributed by atoms with Gasteiger partial charge < -0.3 is 5.32 Å². The van der Waals surface area contributed by atoms with Crippen molar-refractivity contribution in [3.8, 4) is 0 Å². The maximum Gasteiger partial charge on any atom is 0.255 e. The molecule has 0 spiro atoms. The summed E-state index contributed by atoms with van der Waals surface area (Å²) in [6, 6.07) is 23.8. The van der Waals surface area contributed by atoms with E-state index < -0.39 is 10.0 Å². The second-order valence-corrected chi connectivity index (χ2v) is 9.59. The summed E-state index contributed by atoms with van der Waals surface area (Å²) in [4.78, 5) is 13.5. The van der Waals surface area contributed by atoms with Crippen molar-refractivity contribution in [2.75, 3.05) is 17.0 Å². The second kappa shape index (κ2) is 10.8. The van der Waals surface area contributed by atoms with E-state index in [1.165, 1.54) is 11.6 Å². The number of thioether (sulfide) groups is 1. The third-order valence-corrected chi connectivity index (χ3v) is 6.35. The molecule has 0 aliphatic rings. The predicted octanol–water partition coefficient (Wildman–Crippen LogP) is 4.93. The molecular formula is C24H24N2O3S2. The third-order valence-electron chi connectivity index (χ3n) is 4.32. The van der Waals surface area contributed by atoms with Crippen LogP contribution in [0.5, 0.6) is 0 Å². The molecule has 0 atom stereocenters. The van der Waals surface area contributed by atoms with Crippen molar-refractivity contribution in [1.29, 1.82) is 0 Å². The largest absolute Gasteiger partial charge is 0.351 e. The number of carbonyl (C=O) groups excluding carboxylic acids is 1. The van der Waals surface area contributed by atoms with Gasteiger partial charge in [-0.2, -0.15) is 0 Å². The number of hydrogen-bond donors (Lipinski definition) is 2. The first kappa shape index (κ1) is 22.7. The Kier molecular flexibility index (Phi) is 7.92. The van der Waals surface area contributed by atoms with E-state index in [-0.39, 0.29) is 5.91 Å². The molecule has 0 aromatic heterocycles. The van der Waals surface area contributed by atoms with Gasteiger partial charge >= 0.3 is 0 Å². The molecule has 0 heterocycles. The molecule has 0 unspecified atom stereocenters. The lowest BCUT2D eigenvalue weighted by Gasteiger charge is -2.08. The van der Waals surface area contributed by atoms with Gasteiger partial charge in [0, 0.05) is 28.4 Å². The maximum absolute atomic E-state index is 12.3. The summed E-state index contributed by atoms with van der Waals surface area (Å²) in [5, 5.41) is 4.00. The summed E-state index contributed by atoms with van der Waals surface area (Å²) in [5.74, 6) is 0.573. The lowest BCUT2D eigenvalue weighted by Crippen LogP contribution is -2.25. The number of amides is 1. The van der Waals surface area contributed by atoms with Crippen LogP contribution < -0.4 is 10.0 Å². The highest BCUT2D eigenvalue weighted by molar-refractivity contribution is 7.99. The smallest absolute Gasteiger partial charge is 0.255 e. The molecule has 31 heavy (non-hydrogen) atoms. The van der Waals surface area contributed by atoms with Gasteiger partial charge in [-0.25, -0.2) is 8.42 Å². The van der Waals surface area contributed by atoms with Gasteiger partial charge in [0.05, 0.1) is 5.41 Å². The average Bonchev–Trinajstić information content (AvgIpc) is 2.77. The topological polar surface area (TPSA) is 75.3 Å². The lowest BCUT2D eigenvalue weighted by molar-refractivity contribution is 0.0956. The molecule has 0 fully saturated rings. The van der Waals surface area contributed by atoms with Gasteiger partial charge in [-0.1, -0.05) is 48.0 Å². The Hall–Kier alpha value is -3.03. The molecule has 0 saturated heterocycles. The molecular weight excluding hydrogens is 428 g/mol. The van der Waals surface area contributed by atoms with Gasteiger partial charge in [0.1, 0.15) is 0 Å². The summed E-state index contributed by atoms with van der Waals surface area (Å²) < 4.78 is 26.9. The number of sulfonamides is 1. The van der Waals surface area contributed by atoms with E-state index in [1.807, 2.05) is 37.3 Å². The molecule has 7 heteroatoms. The van der Waals surface area contributed by atoms with Crippen LogP contribution in [0.15, 0.2) is 89.2 Å². The van der Waals surface area contributed by atoms with Crippen molar-refractivity contribution in [2.24, 2.45) is 0 Å². The zero-order valence-electron chi connectivity index (χ0n) is 17.1. The SMILES string of the molecule is Cc1ccc(SCCNC(=O)c2ccc(NS(=O)(=O)/C=C/c3ccccc3)cc2)cc1. The number of nitrogens with one attached hydrogen (secondary N) is 2. The molecule has 1 amide bonds. The standard InChI is InChI=1S/C24H24N2O3S2/c1-19-7-13-23(14-8-19)30-17-16-25-24(27)21-9-11-22(12-10-21)26-31(28,29)18-15-20-5-3-2-4-6-20/h2-15,18,26H,16-17H2,1H3,(H,25,27)/b18-15+. The van der Waals surface area contributed by atoms with Crippen LogP contribution in [0, 0.1) is 6.92 Å². The van der Waals surface area contributed by atoms with Crippen LogP contribution in [0.4, 0.5) is 5.69 Å². The molecule has 0 aliphatic carbocycles. The average molecular weight is 453 g/mol. The Labute approximate surface area is 187 Å². The number of rotatable bonds is 9. The summed E-state index contributed by atoms with van der Waals surface area (Å²) in [7, 11) is -3.65. The Morgan fingerprint density at radius 2 is 1.61 bits per heavy atom. The molecule has 0 bridgehead atoms. The fourth-order valence-corrected chi connectivity index (χ4v) is 4.33. The van der Waals surface area contributed by atoms with Crippen molar-refractivity contribution < 1.29 is 13.2 Å². The van der Waals surface area contributed by atoms with Gasteiger partial charge in [-0.05, 0) is 55.0 Å². The molecule has 0 saturated carbocycles.